The van der Waals surface area contributed by atoms with Crippen molar-refractivity contribution < 1.29 is 4.79 Å². The van der Waals surface area contributed by atoms with Crippen molar-refractivity contribution in [3.8, 4) is 0 Å². The van der Waals surface area contributed by atoms with Crippen LogP contribution in [0.5, 0.6) is 0 Å². The van der Waals surface area contributed by atoms with E-state index in [0.29, 0.717) is 5.25 Å². The van der Waals surface area contributed by atoms with Crippen LogP contribution in [0.3, 0.4) is 0 Å². The van der Waals surface area contributed by atoms with Gasteiger partial charge in [0.05, 0.1) is 8.45 Å². The lowest BCUT2D eigenvalue weighted by Gasteiger charge is -2.14. The zero-order chi connectivity index (χ0) is 10.8. The molecule has 0 N–H and O–H groups in total. The van der Waals surface area contributed by atoms with E-state index in [2.05, 4.69) is 28.8 Å². The maximum Gasteiger partial charge on any atom is 0.254 e. The summed E-state index contributed by atoms with van der Waals surface area (Å²) in [6.07, 6.45) is 3.25. The Morgan fingerprint density at radius 1 is 1.73 bits per heavy atom. The molecule has 1 amide bonds. The Labute approximate surface area is 112 Å². The van der Waals surface area contributed by atoms with Crippen molar-refractivity contribution in [3.05, 3.63) is 19.9 Å². The Balaban J connectivity index is 2.03. The van der Waals surface area contributed by atoms with E-state index >= 15 is 0 Å². The molecule has 1 aromatic heterocycles. The van der Waals surface area contributed by atoms with Gasteiger partial charge in [-0.25, -0.2) is 0 Å². The van der Waals surface area contributed by atoms with Crippen LogP contribution in [0.25, 0.3) is 0 Å². The lowest BCUT2D eigenvalue weighted by atomic mass is 10.3. The molecule has 15 heavy (non-hydrogen) atoms. The van der Waals surface area contributed by atoms with Gasteiger partial charge in [-0.1, -0.05) is 0 Å². The van der Waals surface area contributed by atoms with E-state index < -0.39 is 0 Å². The number of carbonyl (C=O) groups excluding carboxylic acids is 1. The van der Waals surface area contributed by atoms with Gasteiger partial charge in [-0.2, -0.15) is 11.8 Å². The van der Waals surface area contributed by atoms with Gasteiger partial charge in [-0.15, -0.1) is 11.3 Å². The van der Waals surface area contributed by atoms with Crippen LogP contribution in [-0.4, -0.2) is 35.4 Å². The number of hydrogen-bond acceptors (Lipinski definition) is 3. The summed E-state index contributed by atoms with van der Waals surface area (Å²) in [6, 6.07) is 1.97. The molecule has 5 heteroatoms. The molecule has 0 bridgehead atoms. The molecule has 0 spiro atoms. The third-order valence-corrected chi connectivity index (χ3v) is 5.42. The number of hydrogen-bond donors (Lipinski definition) is 0. The molecular weight excluding hydrogens is 341 g/mol. The van der Waals surface area contributed by atoms with Gasteiger partial charge in [0, 0.05) is 23.7 Å². The molecule has 0 radical (unpaired) electrons. The van der Waals surface area contributed by atoms with E-state index in [9.17, 15) is 4.79 Å². The summed E-state index contributed by atoms with van der Waals surface area (Å²) in [6.45, 7) is 1.82. The van der Waals surface area contributed by atoms with Crippen LogP contribution >= 0.6 is 45.7 Å². The van der Waals surface area contributed by atoms with E-state index in [1.807, 2.05) is 28.1 Å². The largest absolute Gasteiger partial charge is 0.337 e. The predicted octanol–water partition coefficient (Wildman–Crippen LogP) is 2.93. The zero-order valence-electron chi connectivity index (χ0n) is 8.40. The fourth-order valence-corrected chi connectivity index (χ4v) is 3.70. The summed E-state index contributed by atoms with van der Waals surface area (Å²) in [5, 5.41) is 2.59. The summed E-state index contributed by atoms with van der Waals surface area (Å²) in [7, 11) is 0. The van der Waals surface area contributed by atoms with Crippen molar-refractivity contribution in [3.63, 3.8) is 0 Å². The van der Waals surface area contributed by atoms with Crippen molar-refractivity contribution >= 4 is 51.6 Å². The Bertz CT molecular complexity index is 366. The van der Waals surface area contributed by atoms with Crippen LogP contribution in [-0.2, 0) is 0 Å². The Hall–Kier alpha value is 0.250. The van der Waals surface area contributed by atoms with Gasteiger partial charge in [-0.05, 0) is 41.3 Å². The Morgan fingerprint density at radius 2 is 2.53 bits per heavy atom. The van der Waals surface area contributed by atoms with Crippen LogP contribution in [0.4, 0.5) is 0 Å². The summed E-state index contributed by atoms with van der Waals surface area (Å²) >= 11 is 5.75. The molecule has 1 aliphatic rings. The van der Waals surface area contributed by atoms with Gasteiger partial charge < -0.3 is 4.90 Å². The number of carbonyl (C=O) groups is 1. The molecule has 0 aromatic carbocycles. The van der Waals surface area contributed by atoms with Gasteiger partial charge >= 0.3 is 0 Å². The molecule has 2 heterocycles. The van der Waals surface area contributed by atoms with Gasteiger partial charge in [-0.3, -0.25) is 4.79 Å². The SMILES string of the molecule is CSC1CCN(C(=O)c2csc(I)c2)C1. The smallest absolute Gasteiger partial charge is 0.254 e. The van der Waals surface area contributed by atoms with E-state index in [1.54, 1.807) is 11.3 Å². The summed E-state index contributed by atoms with van der Waals surface area (Å²) in [4.78, 5) is 14.0. The highest BCUT2D eigenvalue weighted by molar-refractivity contribution is 14.1. The maximum absolute atomic E-state index is 12.0. The molecule has 0 aliphatic carbocycles. The second kappa shape index (κ2) is 5.05. The van der Waals surface area contributed by atoms with E-state index in [1.165, 1.54) is 2.88 Å². The first-order chi connectivity index (χ1) is 7.20. The number of halogens is 1. The van der Waals surface area contributed by atoms with Gasteiger partial charge in [0.15, 0.2) is 0 Å². The lowest BCUT2D eigenvalue weighted by molar-refractivity contribution is 0.0794. The third-order valence-electron chi connectivity index (χ3n) is 2.58. The van der Waals surface area contributed by atoms with Crippen molar-refractivity contribution in [2.75, 3.05) is 19.3 Å². The number of nitrogens with zero attached hydrogens (tertiary/aromatic N) is 1. The molecule has 1 aromatic rings. The standard InChI is InChI=1S/C10H12INOS2/c1-14-8-2-3-12(5-8)10(13)7-4-9(11)15-6-7/h4,6,8H,2-3,5H2,1H3. The number of likely N-dealkylation sites (tertiary alicyclic amines) is 1. The van der Waals surface area contributed by atoms with Crippen LogP contribution in [0, 0.1) is 2.88 Å². The first kappa shape index (κ1) is 11.7. The molecule has 2 rings (SSSR count). The zero-order valence-corrected chi connectivity index (χ0v) is 12.2. The van der Waals surface area contributed by atoms with Crippen molar-refractivity contribution in [2.45, 2.75) is 11.7 Å². The van der Waals surface area contributed by atoms with Gasteiger partial charge in [0.1, 0.15) is 0 Å². The normalized spacial score (nSPS) is 20.9. The molecule has 1 atom stereocenters. The number of rotatable bonds is 2. The second-order valence-corrected chi connectivity index (χ2v) is 7.48. The molecule has 1 saturated heterocycles. The Morgan fingerprint density at radius 3 is 3.07 bits per heavy atom. The van der Waals surface area contributed by atoms with Crippen LogP contribution in [0.15, 0.2) is 11.4 Å². The average Bonchev–Trinajstić information content (AvgIpc) is 2.84. The minimum Gasteiger partial charge on any atom is -0.337 e. The summed E-state index contributed by atoms with van der Waals surface area (Å²) in [5.41, 5.74) is 0.853. The first-order valence-corrected chi connectivity index (χ1v) is 8.01. The van der Waals surface area contributed by atoms with Gasteiger partial charge in [0.2, 0.25) is 0 Å². The summed E-state index contributed by atoms with van der Waals surface area (Å²) in [5.74, 6) is 0.200. The number of thiophene rings is 1. The molecule has 2 nitrogen and oxygen atoms in total. The highest BCUT2D eigenvalue weighted by Gasteiger charge is 2.26. The van der Waals surface area contributed by atoms with Crippen LogP contribution in [0.2, 0.25) is 0 Å². The molecule has 1 aliphatic heterocycles. The maximum atomic E-state index is 12.0. The van der Waals surface area contributed by atoms with Crippen LogP contribution in [0.1, 0.15) is 16.8 Å². The topological polar surface area (TPSA) is 20.3 Å². The molecule has 1 fully saturated rings. The van der Waals surface area contributed by atoms with Crippen molar-refractivity contribution in [2.24, 2.45) is 0 Å². The fraction of sp³-hybridized carbons (Fsp3) is 0.500. The van der Waals surface area contributed by atoms with E-state index in [-0.39, 0.29) is 5.91 Å². The van der Waals surface area contributed by atoms with Crippen molar-refractivity contribution in [1.82, 2.24) is 4.90 Å². The first-order valence-electron chi connectivity index (χ1n) is 4.77. The van der Waals surface area contributed by atoms with Crippen LogP contribution < -0.4 is 0 Å². The minimum atomic E-state index is 0.200. The second-order valence-electron chi connectivity index (χ2n) is 3.54. The minimum absolute atomic E-state index is 0.200. The third kappa shape index (κ3) is 2.68. The summed E-state index contributed by atoms with van der Waals surface area (Å²) < 4.78 is 1.18. The lowest BCUT2D eigenvalue weighted by Crippen LogP contribution is -2.28. The van der Waals surface area contributed by atoms with Crippen molar-refractivity contribution in [1.29, 1.82) is 0 Å². The van der Waals surface area contributed by atoms with E-state index in [4.69, 9.17) is 0 Å². The Kier molecular flexibility index (Phi) is 3.95. The van der Waals surface area contributed by atoms with Gasteiger partial charge in [0.25, 0.3) is 5.91 Å². The van der Waals surface area contributed by atoms with E-state index in [0.717, 1.165) is 25.1 Å². The highest BCUT2D eigenvalue weighted by atomic mass is 127. The number of amides is 1. The average molecular weight is 353 g/mol. The predicted molar refractivity (Wildman–Crippen MR) is 74.9 cm³/mol. The number of thioether (sulfide) groups is 1. The molecular formula is C10H12INOS2. The quantitative estimate of drug-likeness (QED) is 0.762. The highest BCUT2D eigenvalue weighted by Crippen LogP contribution is 2.24. The molecule has 0 saturated carbocycles. The monoisotopic (exact) mass is 353 g/mol. The molecule has 82 valence electrons. The fourth-order valence-electron chi connectivity index (χ4n) is 1.71. The molecule has 1 unspecified atom stereocenters.